The Morgan fingerprint density at radius 1 is 1.03 bits per heavy atom. The number of ether oxygens (including phenoxy) is 1. The largest absolute Gasteiger partial charge is 0.457 e. The summed E-state index contributed by atoms with van der Waals surface area (Å²) in [5, 5.41) is 0. The van der Waals surface area contributed by atoms with Gasteiger partial charge in [0.25, 0.3) is 0 Å². The molecule has 158 valence electrons. The standard InChI is InChI=1S/C25H29NO4/c1-5-18-8-7-9-19(6-2)24(18)26-14-21(13-23(26)28)25(29)30-15-22(27)20-11-10-16(3)17(4)12-20/h7-12,21H,5-6,13-15H2,1-4H3/t21-/m1/s1. The minimum Gasteiger partial charge on any atom is -0.457 e. The molecule has 0 bridgehead atoms. The molecular formula is C25H29NO4. The van der Waals surface area contributed by atoms with Crippen LogP contribution in [0.25, 0.3) is 0 Å². The molecule has 2 aromatic carbocycles. The van der Waals surface area contributed by atoms with E-state index in [0.29, 0.717) is 12.1 Å². The minimum absolute atomic E-state index is 0.0759. The first-order chi connectivity index (χ1) is 14.3. The zero-order valence-electron chi connectivity index (χ0n) is 18.2. The van der Waals surface area contributed by atoms with E-state index in [1.165, 1.54) is 0 Å². The van der Waals surface area contributed by atoms with Gasteiger partial charge < -0.3 is 9.64 Å². The van der Waals surface area contributed by atoms with Crippen LogP contribution in [-0.2, 0) is 27.2 Å². The number of nitrogens with zero attached hydrogens (tertiary/aromatic N) is 1. The third kappa shape index (κ3) is 4.45. The highest BCUT2D eigenvalue weighted by Gasteiger charge is 2.37. The summed E-state index contributed by atoms with van der Waals surface area (Å²) in [6.07, 6.45) is 1.73. The van der Waals surface area contributed by atoms with Crippen molar-refractivity contribution >= 4 is 23.3 Å². The van der Waals surface area contributed by atoms with Gasteiger partial charge in [0.15, 0.2) is 12.4 Å². The summed E-state index contributed by atoms with van der Waals surface area (Å²) in [5.74, 6) is -1.36. The van der Waals surface area contributed by atoms with Crippen LogP contribution < -0.4 is 4.90 Å². The first-order valence-corrected chi connectivity index (χ1v) is 10.5. The molecule has 0 unspecified atom stereocenters. The molecule has 1 aliphatic rings. The molecule has 0 aliphatic carbocycles. The molecular weight excluding hydrogens is 378 g/mol. The predicted molar refractivity (Wildman–Crippen MR) is 117 cm³/mol. The number of carbonyl (C=O) groups is 3. The summed E-state index contributed by atoms with van der Waals surface area (Å²) in [6.45, 7) is 8.02. The van der Waals surface area contributed by atoms with Gasteiger partial charge in [0.05, 0.1) is 5.92 Å². The van der Waals surface area contributed by atoms with Crippen LogP contribution in [0.2, 0.25) is 0 Å². The zero-order chi connectivity index (χ0) is 21.8. The van der Waals surface area contributed by atoms with Crippen LogP contribution in [0, 0.1) is 19.8 Å². The van der Waals surface area contributed by atoms with Crippen molar-refractivity contribution in [1.29, 1.82) is 0 Å². The van der Waals surface area contributed by atoms with Gasteiger partial charge in [-0.05, 0) is 55.0 Å². The van der Waals surface area contributed by atoms with E-state index in [1.807, 2.05) is 38.1 Å². The van der Waals surface area contributed by atoms with Crippen molar-refractivity contribution in [3.05, 3.63) is 64.2 Å². The van der Waals surface area contributed by atoms with Crippen molar-refractivity contribution < 1.29 is 19.1 Å². The van der Waals surface area contributed by atoms with Crippen LogP contribution in [-0.4, -0.2) is 30.8 Å². The number of benzene rings is 2. The van der Waals surface area contributed by atoms with Gasteiger partial charge in [0.2, 0.25) is 5.91 Å². The zero-order valence-corrected chi connectivity index (χ0v) is 18.2. The van der Waals surface area contributed by atoms with Gasteiger partial charge >= 0.3 is 5.97 Å². The second-order valence-corrected chi connectivity index (χ2v) is 7.87. The molecule has 3 rings (SSSR count). The van der Waals surface area contributed by atoms with Crippen molar-refractivity contribution in [3.63, 3.8) is 0 Å². The smallest absolute Gasteiger partial charge is 0.311 e. The number of carbonyl (C=O) groups excluding carboxylic acids is 3. The average molecular weight is 408 g/mol. The van der Waals surface area contributed by atoms with Gasteiger partial charge in [0, 0.05) is 24.2 Å². The number of hydrogen-bond donors (Lipinski definition) is 0. The summed E-state index contributed by atoms with van der Waals surface area (Å²) < 4.78 is 5.29. The molecule has 2 aromatic rings. The second kappa shape index (κ2) is 9.24. The summed E-state index contributed by atoms with van der Waals surface area (Å²) in [7, 11) is 0. The molecule has 0 saturated carbocycles. The lowest BCUT2D eigenvalue weighted by Crippen LogP contribution is -2.29. The number of Topliss-reactive ketones (excluding diaryl/α,β-unsaturated/α-hetero) is 1. The molecule has 1 atom stereocenters. The van der Waals surface area contributed by atoms with E-state index in [0.717, 1.165) is 40.8 Å². The lowest BCUT2D eigenvalue weighted by atomic mass is 10.0. The van der Waals surface area contributed by atoms with Crippen molar-refractivity contribution in [1.82, 2.24) is 0 Å². The Morgan fingerprint density at radius 2 is 1.70 bits per heavy atom. The molecule has 0 radical (unpaired) electrons. The lowest BCUT2D eigenvalue weighted by molar-refractivity contribution is -0.147. The molecule has 1 heterocycles. The molecule has 0 N–H and O–H groups in total. The van der Waals surface area contributed by atoms with E-state index >= 15 is 0 Å². The highest BCUT2D eigenvalue weighted by molar-refractivity contribution is 6.01. The fourth-order valence-corrected chi connectivity index (χ4v) is 3.90. The number of hydrogen-bond acceptors (Lipinski definition) is 4. The Bertz CT molecular complexity index is 957. The first-order valence-electron chi connectivity index (χ1n) is 10.5. The number of para-hydroxylation sites is 1. The van der Waals surface area contributed by atoms with Crippen LogP contribution in [0.15, 0.2) is 36.4 Å². The molecule has 0 spiro atoms. The van der Waals surface area contributed by atoms with Crippen molar-refractivity contribution in [2.75, 3.05) is 18.1 Å². The fraction of sp³-hybridized carbons (Fsp3) is 0.400. The number of aryl methyl sites for hydroxylation is 4. The maximum absolute atomic E-state index is 12.7. The minimum atomic E-state index is -0.556. The summed E-state index contributed by atoms with van der Waals surface area (Å²) >= 11 is 0. The molecule has 1 fully saturated rings. The van der Waals surface area contributed by atoms with Crippen LogP contribution in [0.5, 0.6) is 0 Å². The van der Waals surface area contributed by atoms with Crippen LogP contribution in [0.3, 0.4) is 0 Å². The van der Waals surface area contributed by atoms with Gasteiger partial charge in [-0.15, -0.1) is 0 Å². The summed E-state index contributed by atoms with van der Waals surface area (Å²) in [5.41, 5.74) is 5.77. The Kier molecular flexibility index (Phi) is 6.70. The molecule has 1 amide bonds. The maximum atomic E-state index is 12.7. The van der Waals surface area contributed by atoms with E-state index in [9.17, 15) is 14.4 Å². The van der Waals surface area contributed by atoms with E-state index in [1.54, 1.807) is 17.0 Å². The SMILES string of the molecule is CCc1cccc(CC)c1N1C[C@H](C(=O)OCC(=O)c2ccc(C)c(C)c2)CC1=O. The number of esters is 1. The molecule has 30 heavy (non-hydrogen) atoms. The Hall–Kier alpha value is -2.95. The van der Waals surface area contributed by atoms with E-state index < -0.39 is 11.9 Å². The monoisotopic (exact) mass is 407 g/mol. The Balaban J connectivity index is 1.67. The van der Waals surface area contributed by atoms with Crippen molar-refractivity contribution in [2.45, 2.75) is 47.0 Å². The fourth-order valence-electron chi connectivity index (χ4n) is 3.90. The lowest BCUT2D eigenvalue weighted by Gasteiger charge is -2.23. The molecule has 5 nitrogen and oxygen atoms in total. The number of amides is 1. The van der Waals surface area contributed by atoms with Crippen LogP contribution in [0.4, 0.5) is 5.69 Å². The van der Waals surface area contributed by atoms with Crippen LogP contribution in [0.1, 0.15) is 52.9 Å². The quantitative estimate of drug-likeness (QED) is 0.510. The van der Waals surface area contributed by atoms with E-state index in [-0.39, 0.29) is 24.7 Å². The van der Waals surface area contributed by atoms with Crippen LogP contribution >= 0.6 is 0 Å². The van der Waals surface area contributed by atoms with Gasteiger partial charge in [-0.1, -0.05) is 44.2 Å². The van der Waals surface area contributed by atoms with E-state index in [4.69, 9.17) is 4.74 Å². The Morgan fingerprint density at radius 3 is 2.30 bits per heavy atom. The first kappa shape index (κ1) is 21.8. The van der Waals surface area contributed by atoms with Crippen molar-refractivity contribution in [2.24, 2.45) is 5.92 Å². The van der Waals surface area contributed by atoms with Crippen molar-refractivity contribution in [3.8, 4) is 0 Å². The normalized spacial score (nSPS) is 16.1. The average Bonchev–Trinajstić information content (AvgIpc) is 3.14. The van der Waals surface area contributed by atoms with E-state index in [2.05, 4.69) is 13.8 Å². The maximum Gasteiger partial charge on any atom is 0.311 e. The van der Waals surface area contributed by atoms with Gasteiger partial charge in [-0.25, -0.2) is 0 Å². The third-order valence-electron chi connectivity index (χ3n) is 5.87. The second-order valence-electron chi connectivity index (χ2n) is 7.87. The number of ketones is 1. The van der Waals surface area contributed by atoms with Gasteiger partial charge in [-0.2, -0.15) is 0 Å². The molecule has 5 heteroatoms. The Labute approximate surface area is 178 Å². The molecule has 1 saturated heterocycles. The summed E-state index contributed by atoms with van der Waals surface area (Å²) in [6, 6.07) is 11.5. The predicted octanol–water partition coefficient (Wildman–Crippen LogP) is 4.21. The highest BCUT2D eigenvalue weighted by atomic mass is 16.5. The number of anilines is 1. The topological polar surface area (TPSA) is 63.7 Å². The van der Waals surface area contributed by atoms with Gasteiger partial charge in [0.1, 0.15) is 0 Å². The summed E-state index contributed by atoms with van der Waals surface area (Å²) in [4.78, 5) is 39.4. The molecule has 1 aliphatic heterocycles. The number of rotatable bonds is 7. The molecule has 0 aromatic heterocycles. The highest BCUT2D eigenvalue weighted by Crippen LogP contribution is 2.32. The third-order valence-corrected chi connectivity index (χ3v) is 5.87. The van der Waals surface area contributed by atoms with Gasteiger partial charge in [-0.3, -0.25) is 14.4 Å².